The minimum absolute atomic E-state index is 0.418. The van der Waals surface area contributed by atoms with Crippen LogP contribution >= 0.6 is 0 Å². The van der Waals surface area contributed by atoms with Crippen LogP contribution in [0.3, 0.4) is 0 Å². The highest BCUT2D eigenvalue weighted by Crippen LogP contribution is 2.33. The number of hydrogen-bond donors (Lipinski definition) is 2. The zero-order valence-electron chi connectivity index (χ0n) is 8.33. The molecule has 3 N–H and O–H groups in total. The van der Waals surface area contributed by atoms with Crippen LogP contribution in [0.25, 0.3) is 0 Å². The standard InChI is InChI=1S/C10H18N2O/c1-10(2,13)7-12-6-5-9(11)8-3-4-8/h5-6,8,13H,3-4,7,11H2,1-2H3. The number of rotatable bonds is 4. The summed E-state index contributed by atoms with van der Waals surface area (Å²) < 4.78 is 0. The van der Waals surface area contributed by atoms with E-state index in [4.69, 9.17) is 5.73 Å². The molecule has 0 bridgehead atoms. The summed E-state index contributed by atoms with van der Waals surface area (Å²) in [5.41, 5.74) is 5.93. The van der Waals surface area contributed by atoms with E-state index in [2.05, 4.69) is 4.99 Å². The Kier molecular flexibility index (Phi) is 3.09. The van der Waals surface area contributed by atoms with Crippen LogP contribution in [0.15, 0.2) is 16.8 Å². The van der Waals surface area contributed by atoms with E-state index in [1.807, 2.05) is 6.08 Å². The molecule has 0 radical (unpaired) electrons. The second-order valence-corrected chi connectivity index (χ2v) is 4.24. The van der Waals surface area contributed by atoms with Crippen molar-refractivity contribution in [3.8, 4) is 0 Å². The summed E-state index contributed by atoms with van der Waals surface area (Å²) in [6.45, 7) is 3.89. The lowest BCUT2D eigenvalue weighted by molar-refractivity contribution is 0.0906. The van der Waals surface area contributed by atoms with Crippen molar-refractivity contribution in [3.05, 3.63) is 11.8 Å². The van der Waals surface area contributed by atoms with Gasteiger partial charge in [-0.2, -0.15) is 0 Å². The van der Waals surface area contributed by atoms with Crippen LogP contribution in [-0.4, -0.2) is 23.5 Å². The molecule has 1 aliphatic carbocycles. The largest absolute Gasteiger partial charge is 0.402 e. The first-order chi connectivity index (χ1) is 5.99. The van der Waals surface area contributed by atoms with E-state index in [1.54, 1.807) is 20.1 Å². The fraction of sp³-hybridized carbons (Fsp3) is 0.700. The maximum absolute atomic E-state index is 9.34. The average molecular weight is 182 g/mol. The van der Waals surface area contributed by atoms with Crippen molar-refractivity contribution in [1.82, 2.24) is 0 Å². The molecule has 13 heavy (non-hydrogen) atoms. The molecule has 3 nitrogen and oxygen atoms in total. The molecule has 0 amide bonds. The Balaban J connectivity index is 2.27. The van der Waals surface area contributed by atoms with Gasteiger partial charge in [0.1, 0.15) is 0 Å². The van der Waals surface area contributed by atoms with Crippen LogP contribution in [0.2, 0.25) is 0 Å². The Morgan fingerprint density at radius 1 is 1.62 bits per heavy atom. The second kappa shape index (κ2) is 3.92. The molecule has 0 unspecified atom stereocenters. The molecule has 0 saturated heterocycles. The van der Waals surface area contributed by atoms with Crippen LogP contribution < -0.4 is 5.73 Å². The summed E-state index contributed by atoms with van der Waals surface area (Å²) in [4.78, 5) is 4.06. The third kappa shape index (κ3) is 4.68. The Labute approximate surface area is 79.4 Å². The molecule has 3 heteroatoms. The van der Waals surface area contributed by atoms with Gasteiger partial charge < -0.3 is 10.8 Å². The van der Waals surface area contributed by atoms with Crippen LogP contribution in [0, 0.1) is 5.92 Å². The highest BCUT2D eigenvalue weighted by molar-refractivity contribution is 5.72. The van der Waals surface area contributed by atoms with Crippen LogP contribution in [0.1, 0.15) is 26.7 Å². The Bertz CT molecular complexity index is 222. The number of allylic oxidation sites excluding steroid dienone is 2. The Morgan fingerprint density at radius 2 is 2.23 bits per heavy atom. The van der Waals surface area contributed by atoms with Crippen LogP contribution in [0.5, 0.6) is 0 Å². The summed E-state index contributed by atoms with van der Waals surface area (Å²) in [5, 5.41) is 9.34. The average Bonchev–Trinajstić information content (AvgIpc) is 2.77. The third-order valence-electron chi connectivity index (χ3n) is 1.90. The number of aliphatic imine (C=N–C) groups is 1. The smallest absolute Gasteiger partial charge is 0.0786 e. The van der Waals surface area contributed by atoms with E-state index in [0.29, 0.717) is 12.5 Å². The molecule has 1 aliphatic rings. The van der Waals surface area contributed by atoms with Crippen molar-refractivity contribution >= 4 is 6.21 Å². The van der Waals surface area contributed by atoms with Gasteiger partial charge in [-0.15, -0.1) is 0 Å². The lowest BCUT2D eigenvalue weighted by Gasteiger charge is -2.12. The second-order valence-electron chi connectivity index (χ2n) is 4.24. The number of hydrogen-bond acceptors (Lipinski definition) is 3. The predicted octanol–water partition coefficient (Wildman–Crippen LogP) is 1.08. The van der Waals surface area contributed by atoms with Crippen molar-refractivity contribution in [2.45, 2.75) is 32.3 Å². The monoisotopic (exact) mass is 182 g/mol. The molecule has 74 valence electrons. The molecule has 0 heterocycles. The summed E-state index contributed by atoms with van der Waals surface area (Å²) >= 11 is 0. The fourth-order valence-corrected chi connectivity index (χ4v) is 0.968. The van der Waals surface area contributed by atoms with Gasteiger partial charge in [0.05, 0.1) is 12.1 Å². The molecule has 1 rings (SSSR count). The quantitative estimate of drug-likeness (QED) is 0.639. The number of nitrogens with zero attached hydrogens (tertiary/aromatic N) is 1. The first-order valence-electron chi connectivity index (χ1n) is 4.67. The first kappa shape index (κ1) is 10.3. The highest BCUT2D eigenvalue weighted by atomic mass is 16.3. The molecular weight excluding hydrogens is 164 g/mol. The molecule has 0 aliphatic heterocycles. The minimum atomic E-state index is -0.724. The van der Waals surface area contributed by atoms with E-state index in [9.17, 15) is 5.11 Å². The predicted molar refractivity (Wildman–Crippen MR) is 54.7 cm³/mol. The molecule has 0 aromatic carbocycles. The first-order valence-corrected chi connectivity index (χ1v) is 4.67. The fourth-order valence-electron chi connectivity index (χ4n) is 0.968. The molecular formula is C10H18N2O. The SMILES string of the molecule is CC(C)(O)CN=CC=C(N)C1CC1. The number of aliphatic hydroxyl groups is 1. The molecule has 0 aromatic heterocycles. The maximum Gasteiger partial charge on any atom is 0.0786 e. The van der Waals surface area contributed by atoms with Gasteiger partial charge in [0.2, 0.25) is 0 Å². The Hall–Kier alpha value is -0.830. The topological polar surface area (TPSA) is 58.6 Å². The van der Waals surface area contributed by atoms with Gasteiger partial charge in [-0.1, -0.05) is 0 Å². The maximum atomic E-state index is 9.34. The van der Waals surface area contributed by atoms with Crippen molar-refractivity contribution in [2.75, 3.05) is 6.54 Å². The zero-order chi connectivity index (χ0) is 9.90. The summed E-state index contributed by atoms with van der Waals surface area (Å²) in [6, 6.07) is 0. The summed E-state index contributed by atoms with van der Waals surface area (Å²) in [6.07, 6.45) is 5.94. The third-order valence-corrected chi connectivity index (χ3v) is 1.90. The number of nitrogens with two attached hydrogens (primary N) is 1. The van der Waals surface area contributed by atoms with Gasteiger partial charge in [-0.25, -0.2) is 0 Å². The van der Waals surface area contributed by atoms with Crippen molar-refractivity contribution in [3.63, 3.8) is 0 Å². The normalized spacial score (nSPS) is 19.8. The molecule has 0 aromatic rings. The van der Waals surface area contributed by atoms with Crippen molar-refractivity contribution < 1.29 is 5.11 Å². The molecule has 0 spiro atoms. The van der Waals surface area contributed by atoms with Crippen LogP contribution in [0.4, 0.5) is 0 Å². The van der Waals surface area contributed by atoms with E-state index < -0.39 is 5.60 Å². The Morgan fingerprint density at radius 3 is 2.69 bits per heavy atom. The minimum Gasteiger partial charge on any atom is -0.402 e. The van der Waals surface area contributed by atoms with E-state index >= 15 is 0 Å². The van der Waals surface area contributed by atoms with Gasteiger partial charge in [0.15, 0.2) is 0 Å². The van der Waals surface area contributed by atoms with E-state index in [1.165, 1.54) is 12.8 Å². The van der Waals surface area contributed by atoms with Gasteiger partial charge in [-0.3, -0.25) is 4.99 Å². The molecule has 1 fully saturated rings. The lowest BCUT2D eigenvalue weighted by atomic mass is 10.1. The zero-order valence-corrected chi connectivity index (χ0v) is 8.33. The highest BCUT2D eigenvalue weighted by Gasteiger charge is 2.23. The van der Waals surface area contributed by atoms with Crippen molar-refractivity contribution in [1.29, 1.82) is 0 Å². The van der Waals surface area contributed by atoms with Gasteiger partial charge >= 0.3 is 0 Å². The van der Waals surface area contributed by atoms with Crippen molar-refractivity contribution in [2.24, 2.45) is 16.6 Å². The van der Waals surface area contributed by atoms with Gasteiger partial charge in [0, 0.05) is 11.9 Å². The lowest BCUT2D eigenvalue weighted by Crippen LogP contribution is -2.22. The van der Waals surface area contributed by atoms with Gasteiger partial charge in [-0.05, 0) is 38.7 Å². The van der Waals surface area contributed by atoms with Crippen LogP contribution in [-0.2, 0) is 0 Å². The summed E-state index contributed by atoms with van der Waals surface area (Å²) in [7, 11) is 0. The van der Waals surface area contributed by atoms with E-state index in [0.717, 1.165) is 5.70 Å². The summed E-state index contributed by atoms with van der Waals surface area (Å²) in [5.74, 6) is 0.591. The van der Waals surface area contributed by atoms with Gasteiger partial charge in [0.25, 0.3) is 0 Å². The molecule has 0 atom stereocenters. The molecule has 1 saturated carbocycles. The van der Waals surface area contributed by atoms with E-state index in [-0.39, 0.29) is 0 Å².